The Labute approximate surface area is 134 Å². The van der Waals surface area contributed by atoms with Gasteiger partial charge in [0.25, 0.3) is 5.91 Å². The van der Waals surface area contributed by atoms with Crippen molar-refractivity contribution in [2.75, 3.05) is 20.2 Å². The Morgan fingerprint density at radius 2 is 1.91 bits per heavy atom. The molecule has 0 atom stereocenters. The van der Waals surface area contributed by atoms with E-state index in [-0.39, 0.29) is 23.9 Å². The van der Waals surface area contributed by atoms with Crippen molar-refractivity contribution in [2.24, 2.45) is 0 Å². The summed E-state index contributed by atoms with van der Waals surface area (Å²) in [5.41, 5.74) is 0.422. The van der Waals surface area contributed by atoms with E-state index in [1.54, 1.807) is 30.5 Å². The molecule has 0 bridgehead atoms. The van der Waals surface area contributed by atoms with Crippen molar-refractivity contribution >= 4 is 15.9 Å². The lowest BCUT2D eigenvalue weighted by atomic mass is 10.3. The maximum atomic E-state index is 12.1. The van der Waals surface area contributed by atoms with Crippen LogP contribution in [0.2, 0.25) is 0 Å². The van der Waals surface area contributed by atoms with Crippen LogP contribution in [0.5, 0.6) is 5.75 Å². The number of benzene rings is 1. The maximum absolute atomic E-state index is 12.1. The molecule has 0 aliphatic carbocycles. The SMILES string of the molecule is COc1ccc(S(=O)(=O)NCCNC(=O)c2cccnc2)cc1. The molecule has 1 aromatic carbocycles. The fourth-order valence-electron chi connectivity index (χ4n) is 1.80. The summed E-state index contributed by atoms with van der Waals surface area (Å²) in [5, 5.41) is 2.62. The third-order valence-corrected chi connectivity index (χ3v) is 4.47. The smallest absolute Gasteiger partial charge is 0.252 e. The third kappa shape index (κ3) is 4.76. The highest BCUT2D eigenvalue weighted by Gasteiger charge is 2.13. The van der Waals surface area contributed by atoms with Crippen LogP contribution in [0.25, 0.3) is 0 Å². The number of nitrogens with zero attached hydrogens (tertiary/aromatic N) is 1. The van der Waals surface area contributed by atoms with Gasteiger partial charge in [0.05, 0.1) is 17.6 Å². The van der Waals surface area contributed by atoms with Gasteiger partial charge in [0, 0.05) is 25.5 Å². The van der Waals surface area contributed by atoms with Crippen LogP contribution >= 0.6 is 0 Å². The Morgan fingerprint density at radius 1 is 1.17 bits per heavy atom. The fourth-order valence-corrected chi connectivity index (χ4v) is 2.83. The molecule has 8 heteroatoms. The molecule has 122 valence electrons. The molecule has 1 aromatic heterocycles. The van der Waals surface area contributed by atoms with Crippen molar-refractivity contribution < 1.29 is 17.9 Å². The second-order valence-corrected chi connectivity index (χ2v) is 6.34. The van der Waals surface area contributed by atoms with Gasteiger partial charge < -0.3 is 10.1 Å². The van der Waals surface area contributed by atoms with E-state index in [9.17, 15) is 13.2 Å². The van der Waals surface area contributed by atoms with Crippen LogP contribution in [0.3, 0.4) is 0 Å². The van der Waals surface area contributed by atoms with Gasteiger partial charge in [-0.2, -0.15) is 0 Å². The van der Waals surface area contributed by atoms with E-state index in [4.69, 9.17) is 4.74 Å². The first-order valence-corrected chi connectivity index (χ1v) is 8.33. The summed E-state index contributed by atoms with van der Waals surface area (Å²) in [4.78, 5) is 15.7. The summed E-state index contributed by atoms with van der Waals surface area (Å²) < 4.78 is 31.5. The van der Waals surface area contributed by atoms with Crippen LogP contribution in [0.1, 0.15) is 10.4 Å². The molecule has 0 fully saturated rings. The molecule has 2 rings (SSSR count). The zero-order valence-corrected chi connectivity index (χ0v) is 13.3. The van der Waals surface area contributed by atoms with E-state index in [0.29, 0.717) is 11.3 Å². The Bertz CT molecular complexity index is 746. The number of pyridine rings is 1. The van der Waals surface area contributed by atoms with Gasteiger partial charge in [0.2, 0.25) is 10.0 Å². The minimum absolute atomic E-state index is 0.0837. The number of hydrogen-bond acceptors (Lipinski definition) is 5. The maximum Gasteiger partial charge on any atom is 0.252 e. The molecule has 2 aromatic rings. The van der Waals surface area contributed by atoms with Crippen molar-refractivity contribution in [2.45, 2.75) is 4.90 Å². The number of amides is 1. The van der Waals surface area contributed by atoms with E-state index < -0.39 is 10.0 Å². The van der Waals surface area contributed by atoms with Crippen LogP contribution < -0.4 is 14.8 Å². The molecule has 1 amide bonds. The quantitative estimate of drug-likeness (QED) is 0.730. The molecule has 1 heterocycles. The molecule has 0 unspecified atom stereocenters. The average Bonchev–Trinajstić information content (AvgIpc) is 2.59. The van der Waals surface area contributed by atoms with E-state index in [2.05, 4.69) is 15.0 Å². The van der Waals surface area contributed by atoms with Crippen molar-refractivity contribution in [3.8, 4) is 5.75 Å². The minimum atomic E-state index is -3.62. The number of carbonyl (C=O) groups is 1. The van der Waals surface area contributed by atoms with Gasteiger partial charge in [-0.15, -0.1) is 0 Å². The van der Waals surface area contributed by atoms with Crippen LogP contribution in [0.4, 0.5) is 0 Å². The van der Waals surface area contributed by atoms with Crippen LogP contribution in [-0.4, -0.2) is 39.5 Å². The highest BCUT2D eigenvalue weighted by Crippen LogP contribution is 2.14. The van der Waals surface area contributed by atoms with Gasteiger partial charge in [0.1, 0.15) is 5.75 Å². The first kappa shape index (κ1) is 16.9. The normalized spacial score (nSPS) is 11.0. The summed E-state index contributed by atoms with van der Waals surface area (Å²) in [5.74, 6) is 0.273. The lowest BCUT2D eigenvalue weighted by Crippen LogP contribution is -2.34. The zero-order chi connectivity index (χ0) is 16.7. The number of methoxy groups -OCH3 is 1. The first-order valence-electron chi connectivity index (χ1n) is 6.85. The number of aromatic nitrogens is 1. The molecule has 2 N–H and O–H groups in total. The van der Waals surface area contributed by atoms with Gasteiger partial charge in [0.15, 0.2) is 0 Å². The Hall–Kier alpha value is -2.45. The largest absolute Gasteiger partial charge is 0.497 e. The molecule has 0 spiro atoms. The molecule has 7 nitrogen and oxygen atoms in total. The molecule has 0 saturated heterocycles. The summed E-state index contributed by atoms with van der Waals surface area (Å²) in [6, 6.07) is 9.33. The van der Waals surface area contributed by atoms with Gasteiger partial charge in [-0.1, -0.05) is 0 Å². The summed E-state index contributed by atoms with van der Waals surface area (Å²) in [6.45, 7) is 0.253. The Morgan fingerprint density at radius 3 is 2.52 bits per heavy atom. The van der Waals surface area contributed by atoms with Crippen molar-refractivity contribution in [3.05, 3.63) is 54.4 Å². The number of carbonyl (C=O) groups excluding carboxylic acids is 1. The molecule has 0 aliphatic rings. The standard InChI is InChI=1S/C15H17N3O4S/c1-22-13-4-6-14(7-5-13)23(20,21)18-10-9-17-15(19)12-3-2-8-16-11-12/h2-8,11,18H,9-10H2,1H3,(H,17,19). The number of ether oxygens (including phenoxy) is 1. The summed E-state index contributed by atoms with van der Waals surface area (Å²) in [7, 11) is -2.11. The topological polar surface area (TPSA) is 97.4 Å². The molecule has 0 radical (unpaired) electrons. The number of rotatable bonds is 7. The van der Waals surface area contributed by atoms with E-state index in [0.717, 1.165) is 0 Å². The van der Waals surface area contributed by atoms with E-state index in [1.165, 1.54) is 25.4 Å². The van der Waals surface area contributed by atoms with Crippen molar-refractivity contribution in [1.29, 1.82) is 0 Å². The lowest BCUT2D eigenvalue weighted by Gasteiger charge is -2.08. The van der Waals surface area contributed by atoms with E-state index in [1.807, 2.05) is 0 Å². The average molecular weight is 335 g/mol. The number of sulfonamides is 1. The monoisotopic (exact) mass is 335 g/mol. The predicted octanol–water partition coefficient (Wildman–Crippen LogP) is 0.798. The second-order valence-electron chi connectivity index (χ2n) is 4.57. The van der Waals surface area contributed by atoms with Crippen molar-refractivity contribution in [1.82, 2.24) is 15.0 Å². The molecular weight excluding hydrogens is 318 g/mol. The van der Waals surface area contributed by atoms with Gasteiger partial charge in [-0.25, -0.2) is 13.1 Å². The van der Waals surface area contributed by atoms with Crippen LogP contribution in [0.15, 0.2) is 53.7 Å². The fraction of sp³-hybridized carbons (Fsp3) is 0.200. The lowest BCUT2D eigenvalue weighted by molar-refractivity contribution is 0.0954. The third-order valence-electron chi connectivity index (χ3n) is 3.00. The summed E-state index contributed by atoms with van der Waals surface area (Å²) >= 11 is 0. The Balaban J connectivity index is 1.84. The summed E-state index contributed by atoms with van der Waals surface area (Å²) in [6.07, 6.45) is 3.01. The number of hydrogen-bond donors (Lipinski definition) is 2. The molecule has 0 aliphatic heterocycles. The highest BCUT2D eigenvalue weighted by atomic mass is 32.2. The second kappa shape index (κ2) is 7.70. The number of nitrogens with one attached hydrogen (secondary N) is 2. The van der Waals surface area contributed by atoms with Crippen molar-refractivity contribution in [3.63, 3.8) is 0 Å². The van der Waals surface area contributed by atoms with E-state index >= 15 is 0 Å². The van der Waals surface area contributed by atoms with Gasteiger partial charge >= 0.3 is 0 Å². The Kier molecular flexibility index (Phi) is 5.67. The first-order chi connectivity index (χ1) is 11.0. The van der Waals surface area contributed by atoms with Gasteiger partial charge in [-0.3, -0.25) is 9.78 Å². The predicted molar refractivity (Wildman–Crippen MR) is 84.8 cm³/mol. The molecule has 0 saturated carbocycles. The minimum Gasteiger partial charge on any atom is -0.497 e. The van der Waals surface area contributed by atoms with Gasteiger partial charge in [-0.05, 0) is 36.4 Å². The molecular formula is C15H17N3O4S. The van der Waals surface area contributed by atoms with Crippen LogP contribution in [-0.2, 0) is 10.0 Å². The highest BCUT2D eigenvalue weighted by molar-refractivity contribution is 7.89. The molecule has 23 heavy (non-hydrogen) atoms. The van der Waals surface area contributed by atoms with Crippen LogP contribution in [0, 0.1) is 0 Å². The zero-order valence-electron chi connectivity index (χ0n) is 12.5.